The quantitative estimate of drug-likeness (QED) is 0.391. The summed E-state index contributed by atoms with van der Waals surface area (Å²) in [5.41, 5.74) is 3.49. The second-order valence-corrected chi connectivity index (χ2v) is 8.93. The van der Waals surface area contributed by atoms with Gasteiger partial charge in [0.1, 0.15) is 5.75 Å². The largest absolute Gasteiger partial charge is 0.423 e. The average molecular weight is 358 g/mol. The highest BCUT2D eigenvalue weighted by Crippen LogP contribution is 2.46. The predicted octanol–water partition coefficient (Wildman–Crippen LogP) is 6.41. The Morgan fingerprint density at radius 2 is 1.44 bits per heavy atom. The van der Waals surface area contributed by atoms with Gasteiger partial charge in [0.2, 0.25) is 0 Å². The molecule has 0 aliphatic heterocycles. The van der Waals surface area contributed by atoms with Crippen molar-refractivity contribution in [3.8, 4) is 5.75 Å². The lowest BCUT2D eigenvalue weighted by Gasteiger charge is -2.41. The molecule has 4 rings (SSSR count). The molecule has 0 fully saturated rings. The molecule has 0 atom stereocenters. The van der Waals surface area contributed by atoms with E-state index in [-0.39, 0.29) is 16.8 Å². The van der Waals surface area contributed by atoms with Crippen molar-refractivity contribution in [2.45, 2.75) is 51.4 Å². The first-order valence-corrected chi connectivity index (χ1v) is 9.62. The topological polar surface area (TPSA) is 26.3 Å². The van der Waals surface area contributed by atoms with Gasteiger partial charge in [-0.25, -0.2) is 4.79 Å². The first-order chi connectivity index (χ1) is 12.8. The van der Waals surface area contributed by atoms with Gasteiger partial charge in [-0.3, -0.25) is 0 Å². The summed E-state index contributed by atoms with van der Waals surface area (Å²) in [7, 11) is 0. The normalized spacial score (nSPS) is 17.3. The Kier molecular flexibility index (Phi) is 4.10. The number of hydrogen-bond acceptors (Lipinski definition) is 2. The fourth-order valence-electron chi connectivity index (χ4n) is 4.11. The van der Waals surface area contributed by atoms with Gasteiger partial charge in [-0.2, -0.15) is 0 Å². The number of carbonyl (C=O) groups is 1. The van der Waals surface area contributed by atoms with E-state index in [0.29, 0.717) is 11.3 Å². The van der Waals surface area contributed by atoms with Gasteiger partial charge in [0.15, 0.2) is 0 Å². The van der Waals surface area contributed by atoms with Gasteiger partial charge < -0.3 is 4.74 Å². The molecule has 1 aliphatic carbocycles. The lowest BCUT2D eigenvalue weighted by molar-refractivity contribution is 0.0734. The molecular formula is C25H26O2. The van der Waals surface area contributed by atoms with Crippen molar-refractivity contribution in [1.82, 2.24) is 0 Å². The Balaban J connectivity index is 1.65. The molecule has 0 unspecified atom stereocenters. The molecule has 0 saturated carbocycles. The molecule has 3 aromatic rings. The second kappa shape index (κ2) is 6.23. The number of hydrogen-bond donors (Lipinski definition) is 0. The summed E-state index contributed by atoms with van der Waals surface area (Å²) in [6, 6.07) is 19.8. The van der Waals surface area contributed by atoms with Crippen molar-refractivity contribution in [2.24, 2.45) is 0 Å². The molecule has 2 heteroatoms. The first kappa shape index (κ1) is 17.8. The summed E-state index contributed by atoms with van der Waals surface area (Å²) in [6.07, 6.45) is 2.30. The van der Waals surface area contributed by atoms with Crippen LogP contribution in [0.4, 0.5) is 0 Å². The third-order valence-electron chi connectivity index (χ3n) is 6.02. The fraction of sp³-hybridized carbons (Fsp3) is 0.320. The van der Waals surface area contributed by atoms with Crippen LogP contribution in [0.3, 0.4) is 0 Å². The van der Waals surface area contributed by atoms with Crippen LogP contribution in [-0.2, 0) is 10.8 Å². The van der Waals surface area contributed by atoms with Gasteiger partial charge in [0, 0.05) is 0 Å². The van der Waals surface area contributed by atoms with Crippen LogP contribution >= 0.6 is 0 Å². The monoisotopic (exact) mass is 358 g/mol. The minimum atomic E-state index is -0.312. The molecule has 0 bridgehead atoms. The predicted molar refractivity (Wildman–Crippen MR) is 111 cm³/mol. The zero-order valence-corrected chi connectivity index (χ0v) is 16.5. The summed E-state index contributed by atoms with van der Waals surface area (Å²) < 4.78 is 5.74. The minimum Gasteiger partial charge on any atom is -0.423 e. The SMILES string of the molecule is CC1(C)CCC(C)(C)c2cc(OC(=O)c3ccc4ccccc4c3)ccc21. The lowest BCUT2D eigenvalue weighted by Crippen LogP contribution is -2.33. The van der Waals surface area contributed by atoms with Crippen molar-refractivity contribution in [3.05, 3.63) is 77.4 Å². The number of fused-ring (bicyclic) bond motifs is 2. The zero-order valence-electron chi connectivity index (χ0n) is 16.5. The van der Waals surface area contributed by atoms with Crippen LogP contribution in [0.1, 0.15) is 62.0 Å². The van der Waals surface area contributed by atoms with E-state index >= 15 is 0 Å². The standard InChI is InChI=1S/C25H26O2/c1-24(2)13-14-25(3,4)22-16-20(11-12-21(22)24)27-23(26)19-10-9-17-7-5-6-8-18(17)15-19/h5-12,15-16H,13-14H2,1-4H3. The Bertz CT molecular complexity index is 1030. The van der Waals surface area contributed by atoms with Crippen LogP contribution in [0, 0.1) is 0 Å². The van der Waals surface area contributed by atoms with Crippen molar-refractivity contribution in [1.29, 1.82) is 0 Å². The Hall–Kier alpha value is -2.61. The number of rotatable bonds is 2. The third kappa shape index (κ3) is 3.25. The number of carbonyl (C=O) groups excluding carboxylic acids is 1. The van der Waals surface area contributed by atoms with Crippen LogP contribution < -0.4 is 4.74 Å². The molecule has 0 spiro atoms. The molecule has 0 N–H and O–H groups in total. The molecule has 1 aliphatic rings. The van der Waals surface area contributed by atoms with Crippen LogP contribution in [0.25, 0.3) is 10.8 Å². The molecular weight excluding hydrogens is 332 g/mol. The maximum atomic E-state index is 12.7. The van der Waals surface area contributed by atoms with Crippen molar-refractivity contribution in [3.63, 3.8) is 0 Å². The van der Waals surface area contributed by atoms with E-state index in [2.05, 4.69) is 39.8 Å². The maximum absolute atomic E-state index is 12.7. The molecule has 2 nitrogen and oxygen atoms in total. The molecule has 27 heavy (non-hydrogen) atoms. The lowest BCUT2D eigenvalue weighted by atomic mass is 9.63. The minimum absolute atomic E-state index is 0.0935. The van der Waals surface area contributed by atoms with Gasteiger partial charge in [0.05, 0.1) is 5.56 Å². The molecule has 0 amide bonds. The number of esters is 1. The van der Waals surface area contributed by atoms with Crippen LogP contribution in [0.5, 0.6) is 5.75 Å². The summed E-state index contributed by atoms with van der Waals surface area (Å²) in [5, 5.41) is 2.16. The molecule has 138 valence electrons. The van der Waals surface area contributed by atoms with Crippen molar-refractivity contribution >= 4 is 16.7 Å². The highest BCUT2D eigenvalue weighted by atomic mass is 16.5. The van der Waals surface area contributed by atoms with Crippen LogP contribution in [0.2, 0.25) is 0 Å². The Morgan fingerprint density at radius 3 is 2.19 bits per heavy atom. The van der Waals surface area contributed by atoms with Gasteiger partial charge in [-0.05, 0) is 69.8 Å². The highest BCUT2D eigenvalue weighted by molar-refractivity contribution is 5.96. The van der Waals surface area contributed by atoms with Gasteiger partial charge in [0.25, 0.3) is 0 Å². The van der Waals surface area contributed by atoms with Crippen molar-refractivity contribution in [2.75, 3.05) is 0 Å². The molecule has 0 aromatic heterocycles. The smallest absolute Gasteiger partial charge is 0.343 e. The number of ether oxygens (including phenoxy) is 1. The second-order valence-electron chi connectivity index (χ2n) is 8.93. The molecule has 0 heterocycles. The number of benzene rings is 3. The fourth-order valence-corrected chi connectivity index (χ4v) is 4.11. The van der Waals surface area contributed by atoms with Gasteiger partial charge >= 0.3 is 5.97 Å². The Morgan fingerprint density at radius 1 is 0.778 bits per heavy atom. The van der Waals surface area contributed by atoms with E-state index < -0.39 is 0 Å². The van der Waals surface area contributed by atoms with E-state index in [4.69, 9.17) is 4.74 Å². The summed E-state index contributed by atoms with van der Waals surface area (Å²) in [5.74, 6) is 0.311. The van der Waals surface area contributed by atoms with E-state index in [0.717, 1.165) is 17.2 Å². The van der Waals surface area contributed by atoms with E-state index in [1.807, 2.05) is 48.5 Å². The van der Waals surface area contributed by atoms with Crippen LogP contribution in [-0.4, -0.2) is 5.97 Å². The van der Waals surface area contributed by atoms with E-state index in [9.17, 15) is 4.79 Å². The highest BCUT2D eigenvalue weighted by Gasteiger charge is 2.37. The molecule has 0 radical (unpaired) electrons. The van der Waals surface area contributed by atoms with Crippen LogP contribution in [0.15, 0.2) is 60.7 Å². The van der Waals surface area contributed by atoms with Crippen molar-refractivity contribution < 1.29 is 9.53 Å². The molecule has 0 saturated heterocycles. The zero-order chi connectivity index (χ0) is 19.2. The summed E-state index contributed by atoms with van der Waals surface area (Å²) in [4.78, 5) is 12.7. The maximum Gasteiger partial charge on any atom is 0.343 e. The van der Waals surface area contributed by atoms with E-state index in [1.54, 1.807) is 0 Å². The summed E-state index contributed by atoms with van der Waals surface area (Å²) >= 11 is 0. The average Bonchev–Trinajstić information content (AvgIpc) is 2.65. The van der Waals surface area contributed by atoms with Gasteiger partial charge in [-0.15, -0.1) is 0 Å². The first-order valence-electron chi connectivity index (χ1n) is 9.62. The third-order valence-corrected chi connectivity index (χ3v) is 6.02. The molecule has 3 aromatic carbocycles. The Labute approximate surface area is 161 Å². The van der Waals surface area contributed by atoms with E-state index in [1.165, 1.54) is 17.5 Å². The summed E-state index contributed by atoms with van der Waals surface area (Å²) in [6.45, 7) is 9.13. The van der Waals surface area contributed by atoms with Gasteiger partial charge in [-0.1, -0.05) is 64.1 Å².